The summed E-state index contributed by atoms with van der Waals surface area (Å²) in [6.45, 7) is 5.68. The van der Waals surface area contributed by atoms with Crippen molar-refractivity contribution >= 4 is 21.9 Å². The molecule has 0 saturated carbocycles. The lowest BCUT2D eigenvalue weighted by atomic mass is 9.95. The number of nitrogens with zero attached hydrogens (tertiary/aromatic N) is 1. The van der Waals surface area contributed by atoms with Crippen LogP contribution in [0.1, 0.15) is 33.6 Å². The van der Waals surface area contributed by atoms with E-state index in [1.165, 1.54) is 4.31 Å². The Hall–Kier alpha value is -1.15. The molecule has 1 atom stereocenters. The van der Waals surface area contributed by atoms with Crippen molar-refractivity contribution in [1.29, 1.82) is 0 Å². The molecule has 122 valence electrons. The Kier molecular flexibility index (Phi) is 6.15. The third kappa shape index (κ3) is 4.67. The van der Waals surface area contributed by atoms with Crippen LogP contribution < -0.4 is 5.32 Å². The minimum absolute atomic E-state index is 0.0539. The van der Waals surface area contributed by atoms with E-state index in [9.17, 15) is 18.0 Å². The van der Waals surface area contributed by atoms with Crippen molar-refractivity contribution in [2.75, 3.05) is 18.8 Å². The second-order valence-electron chi connectivity index (χ2n) is 5.64. The number of piperidine rings is 1. The highest BCUT2D eigenvalue weighted by molar-refractivity contribution is 7.89. The van der Waals surface area contributed by atoms with Crippen LogP contribution in [0.15, 0.2) is 0 Å². The van der Waals surface area contributed by atoms with Crippen molar-refractivity contribution in [3.63, 3.8) is 0 Å². The summed E-state index contributed by atoms with van der Waals surface area (Å²) in [5.74, 6) is -1.83. The molecule has 1 rings (SSSR count). The van der Waals surface area contributed by atoms with Gasteiger partial charge in [0.25, 0.3) is 0 Å². The highest BCUT2D eigenvalue weighted by atomic mass is 32.2. The summed E-state index contributed by atoms with van der Waals surface area (Å²) in [5.41, 5.74) is 0. The number of rotatable bonds is 6. The fourth-order valence-corrected chi connectivity index (χ4v) is 3.50. The Labute approximate surface area is 125 Å². The number of carbonyl (C=O) groups excluding carboxylic acids is 1. The van der Waals surface area contributed by atoms with Crippen LogP contribution in [0.25, 0.3) is 0 Å². The second-order valence-corrected chi connectivity index (χ2v) is 7.90. The van der Waals surface area contributed by atoms with E-state index in [4.69, 9.17) is 5.11 Å². The third-order valence-corrected chi connectivity index (χ3v) is 5.69. The van der Waals surface area contributed by atoms with Crippen molar-refractivity contribution in [2.45, 2.75) is 39.7 Å². The fourth-order valence-electron chi connectivity index (χ4n) is 2.36. The first-order valence-electron chi connectivity index (χ1n) is 7.20. The number of amides is 1. The molecule has 7 nitrogen and oxygen atoms in total. The van der Waals surface area contributed by atoms with Gasteiger partial charge in [-0.05, 0) is 25.7 Å². The number of sulfonamides is 1. The molecule has 1 heterocycles. The topological polar surface area (TPSA) is 104 Å². The first kappa shape index (κ1) is 17.9. The van der Waals surface area contributed by atoms with Gasteiger partial charge in [-0.25, -0.2) is 17.5 Å². The van der Waals surface area contributed by atoms with Gasteiger partial charge in [-0.15, -0.1) is 0 Å². The van der Waals surface area contributed by atoms with Gasteiger partial charge in [0.2, 0.25) is 15.9 Å². The SMILES string of the molecule is CCS(=O)(=O)N1CCC(C(=O)N[C@H](C(=O)O)C(C)C)CC1. The Bertz CT molecular complexity index is 481. The maximum absolute atomic E-state index is 12.1. The number of hydrogen-bond donors (Lipinski definition) is 2. The zero-order valence-electron chi connectivity index (χ0n) is 12.7. The quantitative estimate of drug-likeness (QED) is 0.731. The molecule has 21 heavy (non-hydrogen) atoms. The van der Waals surface area contributed by atoms with E-state index in [0.29, 0.717) is 25.9 Å². The van der Waals surface area contributed by atoms with Crippen LogP contribution in [-0.2, 0) is 19.6 Å². The van der Waals surface area contributed by atoms with Crippen LogP contribution in [0.2, 0.25) is 0 Å². The minimum atomic E-state index is -3.21. The van der Waals surface area contributed by atoms with E-state index < -0.39 is 22.0 Å². The number of carboxylic acid groups (broad SMARTS) is 1. The largest absolute Gasteiger partial charge is 0.480 e. The van der Waals surface area contributed by atoms with Gasteiger partial charge in [0.05, 0.1) is 5.75 Å². The molecule has 1 aliphatic heterocycles. The maximum Gasteiger partial charge on any atom is 0.326 e. The number of hydrogen-bond acceptors (Lipinski definition) is 4. The van der Waals surface area contributed by atoms with Crippen LogP contribution in [0.5, 0.6) is 0 Å². The summed E-state index contributed by atoms with van der Waals surface area (Å²) in [5, 5.41) is 11.6. The molecule has 0 aromatic heterocycles. The van der Waals surface area contributed by atoms with Crippen molar-refractivity contribution in [2.24, 2.45) is 11.8 Å². The maximum atomic E-state index is 12.1. The predicted molar refractivity (Wildman–Crippen MR) is 78.2 cm³/mol. The van der Waals surface area contributed by atoms with Gasteiger partial charge in [0.1, 0.15) is 6.04 Å². The van der Waals surface area contributed by atoms with Crippen LogP contribution in [0.3, 0.4) is 0 Å². The molecule has 1 saturated heterocycles. The van der Waals surface area contributed by atoms with Gasteiger partial charge in [0.15, 0.2) is 0 Å². The highest BCUT2D eigenvalue weighted by Gasteiger charge is 2.32. The number of nitrogens with one attached hydrogen (secondary N) is 1. The van der Waals surface area contributed by atoms with E-state index in [-0.39, 0.29) is 23.5 Å². The molecule has 1 fully saturated rings. The second kappa shape index (κ2) is 7.22. The minimum Gasteiger partial charge on any atom is -0.480 e. The molecule has 0 spiro atoms. The van der Waals surface area contributed by atoms with Gasteiger partial charge in [-0.1, -0.05) is 13.8 Å². The van der Waals surface area contributed by atoms with Crippen LogP contribution >= 0.6 is 0 Å². The average Bonchev–Trinajstić information content (AvgIpc) is 2.43. The smallest absolute Gasteiger partial charge is 0.326 e. The molecule has 1 aliphatic rings. The molecule has 2 N–H and O–H groups in total. The Balaban J connectivity index is 2.58. The van der Waals surface area contributed by atoms with E-state index in [1.54, 1.807) is 20.8 Å². The fraction of sp³-hybridized carbons (Fsp3) is 0.846. The monoisotopic (exact) mass is 320 g/mol. The Morgan fingerprint density at radius 3 is 2.19 bits per heavy atom. The number of carboxylic acids is 1. The van der Waals surface area contributed by atoms with Gasteiger partial charge in [-0.2, -0.15) is 0 Å². The van der Waals surface area contributed by atoms with E-state index >= 15 is 0 Å². The van der Waals surface area contributed by atoms with Gasteiger partial charge >= 0.3 is 5.97 Å². The van der Waals surface area contributed by atoms with Crippen molar-refractivity contribution in [1.82, 2.24) is 9.62 Å². The molecule has 0 aromatic rings. The first-order valence-corrected chi connectivity index (χ1v) is 8.81. The van der Waals surface area contributed by atoms with Crippen LogP contribution in [0.4, 0.5) is 0 Å². The molecule has 0 bridgehead atoms. The lowest BCUT2D eigenvalue weighted by Gasteiger charge is -2.31. The van der Waals surface area contributed by atoms with Crippen LogP contribution in [0, 0.1) is 11.8 Å². The molecule has 0 aliphatic carbocycles. The molecule has 0 radical (unpaired) electrons. The van der Waals surface area contributed by atoms with Gasteiger partial charge in [-0.3, -0.25) is 4.79 Å². The normalized spacial score (nSPS) is 19.4. The summed E-state index contributed by atoms with van der Waals surface area (Å²) < 4.78 is 24.9. The van der Waals surface area contributed by atoms with Crippen LogP contribution in [-0.4, -0.2) is 54.6 Å². The molecule has 0 unspecified atom stereocenters. The number of carbonyl (C=O) groups is 2. The summed E-state index contributed by atoms with van der Waals surface area (Å²) in [4.78, 5) is 23.2. The summed E-state index contributed by atoms with van der Waals surface area (Å²) in [7, 11) is -3.21. The summed E-state index contributed by atoms with van der Waals surface area (Å²) in [6.07, 6.45) is 0.852. The number of aliphatic carboxylic acids is 1. The molecular formula is C13H24N2O5S. The summed E-state index contributed by atoms with van der Waals surface area (Å²) >= 11 is 0. The zero-order chi connectivity index (χ0) is 16.2. The van der Waals surface area contributed by atoms with E-state index in [0.717, 1.165) is 0 Å². The third-order valence-electron chi connectivity index (χ3n) is 3.81. The van der Waals surface area contributed by atoms with E-state index in [1.807, 2.05) is 0 Å². The van der Waals surface area contributed by atoms with Gasteiger partial charge in [0, 0.05) is 19.0 Å². The molecular weight excluding hydrogens is 296 g/mol. The summed E-state index contributed by atoms with van der Waals surface area (Å²) in [6, 6.07) is -0.907. The zero-order valence-corrected chi connectivity index (χ0v) is 13.5. The highest BCUT2D eigenvalue weighted by Crippen LogP contribution is 2.20. The first-order chi connectivity index (χ1) is 9.69. The van der Waals surface area contributed by atoms with E-state index in [2.05, 4.69) is 5.32 Å². The Morgan fingerprint density at radius 2 is 1.81 bits per heavy atom. The van der Waals surface area contributed by atoms with Gasteiger partial charge < -0.3 is 10.4 Å². The molecule has 0 aromatic carbocycles. The lowest BCUT2D eigenvalue weighted by molar-refractivity contribution is -0.144. The van der Waals surface area contributed by atoms with Crippen molar-refractivity contribution in [3.05, 3.63) is 0 Å². The van der Waals surface area contributed by atoms with Crippen molar-refractivity contribution < 1.29 is 23.1 Å². The lowest BCUT2D eigenvalue weighted by Crippen LogP contribution is -2.49. The predicted octanol–water partition coefficient (Wildman–Crippen LogP) is 0.274. The van der Waals surface area contributed by atoms with Crippen molar-refractivity contribution in [3.8, 4) is 0 Å². The average molecular weight is 320 g/mol. The Morgan fingerprint density at radius 1 is 1.29 bits per heavy atom. The standard InChI is InChI=1S/C13H24N2O5S/c1-4-21(19,20)15-7-5-10(6-8-15)12(16)14-11(9(2)3)13(17)18/h9-11H,4-8H2,1-3H3,(H,14,16)(H,17,18)/t11-/m0/s1. The molecule has 1 amide bonds. The molecule has 8 heteroatoms.